The molecule has 1 aliphatic heterocycles. The summed E-state index contributed by atoms with van der Waals surface area (Å²) in [5.74, 6) is -0.801. The molecular weight excluding hydrogens is 481 g/mol. The third-order valence-corrected chi connectivity index (χ3v) is 4.39. The van der Waals surface area contributed by atoms with Gasteiger partial charge in [-0.05, 0) is 32.9 Å². The third-order valence-electron chi connectivity index (χ3n) is 4.39. The molecule has 1 aromatic carbocycles. The van der Waals surface area contributed by atoms with Crippen molar-refractivity contribution in [3.63, 3.8) is 0 Å². The first-order valence-electron chi connectivity index (χ1n) is 9.35. The lowest BCUT2D eigenvalue weighted by Crippen LogP contribution is -2.52. The Balaban J connectivity index is 0.00000392. The average molecular weight is 512 g/mol. The molecule has 0 unspecified atom stereocenters. The Morgan fingerprint density at radius 2 is 1.93 bits per heavy atom. The van der Waals surface area contributed by atoms with E-state index in [0.29, 0.717) is 31.4 Å². The molecule has 9 heteroatoms. The van der Waals surface area contributed by atoms with Gasteiger partial charge in [0, 0.05) is 31.2 Å². The van der Waals surface area contributed by atoms with Crippen molar-refractivity contribution in [3.05, 3.63) is 29.8 Å². The molecule has 1 saturated heterocycles. The molecule has 1 fully saturated rings. The van der Waals surface area contributed by atoms with Gasteiger partial charge in [0.25, 0.3) is 0 Å². The number of halogens is 3. The number of ether oxygens (including phenoxy) is 2. The zero-order valence-electron chi connectivity index (χ0n) is 16.8. The van der Waals surface area contributed by atoms with Gasteiger partial charge < -0.3 is 20.1 Å². The van der Waals surface area contributed by atoms with Crippen LogP contribution in [-0.2, 0) is 4.74 Å². The number of nitrogens with one attached hydrogen (secondary N) is 2. The number of benzene rings is 1. The maximum atomic E-state index is 13.2. The van der Waals surface area contributed by atoms with Crippen molar-refractivity contribution in [2.75, 3.05) is 52.5 Å². The van der Waals surface area contributed by atoms with E-state index in [1.54, 1.807) is 0 Å². The molecule has 0 aromatic heterocycles. The molecule has 0 saturated carbocycles. The van der Waals surface area contributed by atoms with Gasteiger partial charge in [0.2, 0.25) is 0 Å². The summed E-state index contributed by atoms with van der Waals surface area (Å²) in [6.45, 7) is 11.9. The summed E-state index contributed by atoms with van der Waals surface area (Å²) in [5, 5.41) is 6.40. The molecule has 160 valence electrons. The minimum atomic E-state index is -0.916. The van der Waals surface area contributed by atoms with Crippen molar-refractivity contribution in [2.45, 2.75) is 26.3 Å². The highest BCUT2D eigenvalue weighted by Gasteiger charge is 2.28. The highest BCUT2D eigenvalue weighted by atomic mass is 127. The number of aliphatic imine (C=N–C) groups is 1. The van der Waals surface area contributed by atoms with E-state index < -0.39 is 11.6 Å². The molecule has 0 amide bonds. The summed E-state index contributed by atoms with van der Waals surface area (Å²) in [6.07, 6.45) is 0. The van der Waals surface area contributed by atoms with Crippen LogP contribution in [0.15, 0.2) is 23.2 Å². The molecule has 0 atom stereocenters. The second-order valence-corrected chi connectivity index (χ2v) is 6.96. The van der Waals surface area contributed by atoms with E-state index in [1.165, 1.54) is 6.07 Å². The Bertz CT molecular complexity index is 626. The zero-order chi connectivity index (χ0) is 19.7. The molecule has 1 aromatic rings. The molecule has 28 heavy (non-hydrogen) atoms. The predicted molar refractivity (Wildman–Crippen MR) is 118 cm³/mol. The van der Waals surface area contributed by atoms with Crippen LogP contribution in [0.3, 0.4) is 0 Å². The standard InChI is InChI=1S/C19H30F2N4O2.HI/c1-4-22-18(24-14-19(2,3)25-8-11-26-12-9-25)23-7-10-27-15-5-6-16(20)17(21)13-15;/h5-6,13H,4,7-12,14H2,1-3H3,(H2,22,23,24);1H. The lowest BCUT2D eigenvalue weighted by Gasteiger charge is -2.39. The summed E-state index contributed by atoms with van der Waals surface area (Å²) >= 11 is 0. The van der Waals surface area contributed by atoms with Crippen molar-refractivity contribution < 1.29 is 18.3 Å². The summed E-state index contributed by atoms with van der Waals surface area (Å²) < 4.78 is 36.9. The lowest BCUT2D eigenvalue weighted by atomic mass is 10.0. The van der Waals surface area contributed by atoms with Gasteiger partial charge in [-0.2, -0.15) is 0 Å². The minimum absolute atomic E-state index is 0. The predicted octanol–water partition coefficient (Wildman–Crippen LogP) is 2.63. The zero-order valence-corrected chi connectivity index (χ0v) is 19.1. The smallest absolute Gasteiger partial charge is 0.191 e. The average Bonchev–Trinajstić information content (AvgIpc) is 2.66. The van der Waals surface area contributed by atoms with E-state index in [1.807, 2.05) is 6.92 Å². The van der Waals surface area contributed by atoms with Crippen molar-refractivity contribution in [1.82, 2.24) is 15.5 Å². The molecule has 0 aliphatic carbocycles. The monoisotopic (exact) mass is 512 g/mol. The van der Waals surface area contributed by atoms with E-state index in [0.717, 1.165) is 45.0 Å². The molecule has 2 N–H and O–H groups in total. The highest BCUT2D eigenvalue weighted by molar-refractivity contribution is 14.0. The molecule has 2 rings (SSSR count). The molecular formula is C19H31F2IN4O2. The van der Waals surface area contributed by atoms with Gasteiger partial charge in [0.05, 0.1) is 26.3 Å². The largest absolute Gasteiger partial charge is 0.492 e. The van der Waals surface area contributed by atoms with E-state index in [2.05, 4.69) is 34.4 Å². The van der Waals surface area contributed by atoms with Gasteiger partial charge in [-0.15, -0.1) is 24.0 Å². The Labute approximate surface area is 183 Å². The highest BCUT2D eigenvalue weighted by Crippen LogP contribution is 2.17. The molecule has 1 aliphatic rings. The first kappa shape index (κ1) is 24.8. The van der Waals surface area contributed by atoms with Crippen molar-refractivity contribution in [2.24, 2.45) is 4.99 Å². The minimum Gasteiger partial charge on any atom is -0.492 e. The van der Waals surface area contributed by atoms with E-state index in [4.69, 9.17) is 9.47 Å². The fourth-order valence-corrected chi connectivity index (χ4v) is 2.79. The number of nitrogens with zero attached hydrogens (tertiary/aromatic N) is 2. The van der Waals surface area contributed by atoms with Crippen LogP contribution in [0, 0.1) is 11.6 Å². The van der Waals surface area contributed by atoms with Gasteiger partial charge in [-0.25, -0.2) is 8.78 Å². The normalized spacial score (nSPS) is 15.7. The maximum Gasteiger partial charge on any atom is 0.191 e. The van der Waals surface area contributed by atoms with Crippen LogP contribution in [-0.4, -0.2) is 68.9 Å². The van der Waals surface area contributed by atoms with Gasteiger partial charge in [-0.3, -0.25) is 9.89 Å². The van der Waals surface area contributed by atoms with E-state index in [-0.39, 0.29) is 29.5 Å². The topological polar surface area (TPSA) is 58.1 Å². The quantitative estimate of drug-likeness (QED) is 0.243. The van der Waals surface area contributed by atoms with Crippen molar-refractivity contribution in [1.29, 1.82) is 0 Å². The van der Waals surface area contributed by atoms with Crippen molar-refractivity contribution >= 4 is 29.9 Å². The Morgan fingerprint density at radius 1 is 1.21 bits per heavy atom. The Hall–Kier alpha value is -1.20. The van der Waals surface area contributed by atoms with Gasteiger partial charge >= 0.3 is 0 Å². The van der Waals surface area contributed by atoms with Crippen molar-refractivity contribution in [3.8, 4) is 5.75 Å². The fourth-order valence-electron chi connectivity index (χ4n) is 2.79. The number of hydrogen-bond donors (Lipinski definition) is 2. The van der Waals surface area contributed by atoms with E-state index in [9.17, 15) is 8.78 Å². The van der Waals surface area contributed by atoms with Crippen LogP contribution < -0.4 is 15.4 Å². The van der Waals surface area contributed by atoms with E-state index >= 15 is 0 Å². The van der Waals surface area contributed by atoms with Crippen LogP contribution in [0.4, 0.5) is 8.78 Å². The summed E-state index contributed by atoms with van der Waals surface area (Å²) in [6, 6.07) is 3.50. The van der Waals surface area contributed by atoms with Gasteiger partial charge in [0.15, 0.2) is 17.6 Å². The second kappa shape index (κ2) is 12.4. The fraction of sp³-hybridized carbons (Fsp3) is 0.632. The number of hydrogen-bond acceptors (Lipinski definition) is 4. The Kier molecular flexibility index (Phi) is 11.0. The number of guanidine groups is 1. The Morgan fingerprint density at radius 3 is 2.57 bits per heavy atom. The van der Waals surface area contributed by atoms with Crippen LogP contribution in [0.1, 0.15) is 20.8 Å². The molecule has 0 bridgehead atoms. The summed E-state index contributed by atoms with van der Waals surface area (Å²) in [5.41, 5.74) is -0.0612. The number of morpholine rings is 1. The first-order chi connectivity index (χ1) is 12.9. The van der Waals surface area contributed by atoms with Gasteiger partial charge in [0.1, 0.15) is 12.4 Å². The second-order valence-electron chi connectivity index (χ2n) is 6.96. The lowest BCUT2D eigenvalue weighted by molar-refractivity contribution is -0.00683. The van der Waals surface area contributed by atoms with Gasteiger partial charge in [-0.1, -0.05) is 0 Å². The van der Waals surface area contributed by atoms with Crippen LogP contribution in [0.25, 0.3) is 0 Å². The van der Waals surface area contributed by atoms with Crippen LogP contribution >= 0.6 is 24.0 Å². The van der Waals surface area contributed by atoms with Crippen LogP contribution in [0.2, 0.25) is 0 Å². The molecule has 1 heterocycles. The molecule has 6 nitrogen and oxygen atoms in total. The summed E-state index contributed by atoms with van der Waals surface area (Å²) in [4.78, 5) is 7.06. The maximum absolute atomic E-state index is 13.2. The molecule has 0 spiro atoms. The summed E-state index contributed by atoms with van der Waals surface area (Å²) in [7, 11) is 0. The first-order valence-corrected chi connectivity index (χ1v) is 9.35. The SMILES string of the molecule is CCNC(=NCC(C)(C)N1CCOCC1)NCCOc1ccc(F)c(F)c1.I. The molecule has 0 radical (unpaired) electrons. The van der Waals surface area contributed by atoms with Crippen LogP contribution in [0.5, 0.6) is 5.75 Å². The third kappa shape index (κ3) is 8.04. The number of rotatable bonds is 8.